The summed E-state index contributed by atoms with van der Waals surface area (Å²) >= 11 is 0. The Morgan fingerprint density at radius 2 is 1.63 bits per heavy atom. The number of rotatable bonds is 11. The fourth-order valence-electron chi connectivity index (χ4n) is 4.92. The number of benzene rings is 4. The van der Waals surface area contributed by atoms with Crippen molar-refractivity contribution in [1.82, 2.24) is 5.32 Å². The molecule has 4 rings (SSSR count). The third-order valence-electron chi connectivity index (χ3n) is 6.98. The Morgan fingerprint density at radius 1 is 0.921 bits per heavy atom. The summed E-state index contributed by atoms with van der Waals surface area (Å²) in [6, 6.07) is 28.0. The molecule has 0 unspecified atom stereocenters. The van der Waals surface area contributed by atoms with Crippen molar-refractivity contribution < 1.29 is 19.7 Å². The maximum Gasteiger partial charge on any atom is 0.335 e. The molecule has 0 heterocycles. The summed E-state index contributed by atoms with van der Waals surface area (Å²) in [6.45, 7) is 8.80. The number of carbonyl (C=O) groups is 1. The molecule has 4 aromatic carbocycles. The van der Waals surface area contributed by atoms with Crippen LogP contribution in [0.5, 0.6) is 0 Å². The molecule has 0 aliphatic carbocycles. The van der Waals surface area contributed by atoms with Crippen molar-refractivity contribution in [3.8, 4) is 11.1 Å². The van der Waals surface area contributed by atoms with Crippen molar-refractivity contribution in [2.24, 2.45) is 0 Å². The van der Waals surface area contributed by atoms with E-state index >= 15 is 0 Å². The van der Waals surface area contributed by atoms with Gasteiger partial charge in [0.15, 0.2) is 0 Å². The van der Waals surface area contributed by atoms with Crippen LogP contribution in [0.1, 0.15) is 53.9 Å². The highest BCUT2D eigenvalue weighted by atomic mass is 16.5. The molecule has 0 amide bonds. The first-order chi connectivity index (χ1) is 18.1. The van der Waals surface area contributed by atoms with E-state index in [0.29, 0.717) is 6.54 Å². The van der Waals surface area contributed by atoms with E-state index in [1.165, 1.54) is 16.3 Å². The zero-order valence-electron chi connectivity index (χ0n) is 22.6. The van der Waals surface area contributed by atoms with Gasteiger partial charge in [0, 0.05) is 12.1 Å². The molecule has 3 N–H and O–H groups in total. The number of hydrogen-bond acceptors (Lipinski definition) is 4. The maximum atomic E-state index is 11.3. The number of aryl methyl sites for hydroxylation is 1. The summed E-state index contributed by atoms with van der Waals surface area (Å²) in [4.78, 5) is 11.3. The molecule has 0 bridgehead atoms. The van der Waals surface area contributed by atoms with E-state index in [4.69, 9.17) is 4.74 Å². The van der Waals surface area contributed by atoms with Gasteiger partial charge in [0.1, 0.15) is 0 Å². The van der Waals surface area contributed by atoms with Gasteiger partial charge in [0.2, 0.25) is 0 Å². The SMILES string of the molecule is Cc1cc(C(=O)O)ccc1-c1ccccc1[C@@H](C)OC[C@H](O)CNC(C)(C)Cc1ccc2ccccc2c1. The van der Waals surface area contributed by atoms with E-state index in [1.807, 2.05) is 44.2 Å². The fourth-order valence-corrected chi connectivity index (χ4v) is 4.92. The third kappa shape index (κ3) is 6.87. The molecule has 0 radical (unpaired) electrons. The van der Waals surface area contributed by atoms with E-state index < -0.39 is 12.1 Å². The second-order valence-electron chi connectivity index (χ2n) is 10.7. The van der Waals surface area contributed by atoms with Gasteiger partial charge >= 0.3 is 5.97 Å². The Labute approximate surface area is 225 Å². The van der Waals surface area contributed by atoms with Crippen LogP contribution in [0.4, 0.5) is 0 Å². The van der Waals surface area contributed by atoms with Crippen LogP contribution in [-0.2, 0) is 11.2 Å². The van der Waals surface area contributed by atoms with Gasteiger partial charge in [-0.3, -0.25) is 0 Å². The lowest BCUT2D eigenvalue weighted by Crippen LogP contribution is -2.46. The predicted octanol–water partition coefficient (Wildman–Crippen LogP) is 6.56. The monoisotopic (exact) mass is 511 g/mol. The first-order valence-electron chi connectivity index (χ1n) is 13.1. The van der Waals surface area contributed by atoms with Gasteiger partial charge in [-0.1, -0.05) is 72.8 Å². The van der Waals surface area contributed by atoms with Gasteiger partial charge in [0.05, 0.1) is 24.4 Å². The van der Waals surface area contributed by atoms with Crippen molar-refractivity contribution in [2.45, 2.75) is 51.9 Å². The molecule has 5 heteroatoms. The maximum absolute atomic E-state index is 11.3. The number of hydrogen-bond donors (Lipinski definition) is 3. The molecule has 0 aromatic heterocycles. The van der Waals surface area contributed by atoms with Crippen molar-refractivity contribution in [3.63, 3.8) is 0 Å². The molecule has 38 heavy (non-hydrogen) atoms. The van der Waals surface area contributed by atoms with Gasteiger partial charge in [-0.05, 0) is 84.8 Å². The lowest BCUT2D eigenvalue weighted by atomic mass is 9.92. The summed E-state index contributed by atoms with van der Waals surface area (Å²) < 4.78 is 6.10. The van der Waals surface area contributed by atoms with Crippen LogP contribution in [0.2, 0.25) is 0 Å². The lowest BCUT2D eigenvalue weighted by molar-refractivity contribution is -0.00397. The second kappa shape index (κ2) is 11.9. The van der Waals surface area contributed by atoms with Crippen LogP contribution >= 0.6 is 0 Å². The highest BCUT2D eigenvalue weighted by molar-refractivity contribution is 5.89. The average Bonchev–Trinajstić information content (AvgIpc) is 2.90. The van der Waals surface area contributed by atoms with Crippen LogP contribution in [0, 0.1) is 6.92 Å². The standard InChI is InChI=1S/C33H37NO4/c1-22-17-27(32(36)37)15-16-29(22)31-12-8-7-11-30(31)23(2)38-21-28(35)20-34-33(3,4)19-24-13-14-25-9-5-6-10-26(25)18-24/h5-18,23,28,34-35H,19-21H2,1-4H3,(H,36,37)/t23-,28-/m1/s1. The number of ether oxygens (including phenoxy) is 1. The van der Waals surface area contributed by atoms with Gasteiger partial charge in [-0.25, -0.2) is 4.79 Å². The fraction of sp³-hybridized carbons (Fsp3) is 0.303. The molecule has 0 saturated heterocycles. The van der Waals surface area contributed by atoms with Crippen molar-refractivity contribution >= 4 is 16.7 Å². The molecule has 0 spiro atoms. The normalized spacial score (nSPS) is 13.4. The summed E-state index contributed by atoms with van der Waals surface area (Å²) in [5.41, 5.74) is 5.19. The number of fused-ring (bicyclic) bond motifs is 1. The largest absolute Gasteiger partial charge is 0.478 e. The zero-order chi connectivity index (χ0) is 27.3. The smallest absolute Gasteiger partial charge is 0.335 e. The number of carboxylic acids is 1. The van der Waals surface area contributed by atoms with Gasteiger partial charge < -0.3 is 20.3 Å². The first kappa shape index (κ1) is 27.5. The van der Waals surface area contributed by atoms with E-state index in [0.717, 1.165) is 28.7 Å². The minimum Gasteiger partial charge on any atom is -0.478 e. The molecule has 198 valence electrons. The minimum atomic E-state index is -0.937. The van der Waals surface area contributed by atoms with Crippen molar-refractivity contribution in [3.05, 3.63) is 107 Å². The first-order valence-corrected chi connectivity index (χ1v) is 13.1. The van der Waals surface area contributed by atoms with Gasteiger partial charge in [-0.15, -0.1) is 0 Å². The van der Waals surface area contributed by atoms with Gasteiger partial charge in [-0.2, -0.15) is 0 Å². The van der Waals surface area contributed by atoms with E-state index in [1.54, 1.807) is 12.1 Å². The third-order valence-corrected chi connectivity index (χ3v) is 6.98. The summed E-state index contributed by atoms with van der Waals surface area (Å²) in [7, 11) is 0. The molecular weight excluding hydrogens is 474 g/mol. The van der Waals surface area contributed by atoms with Gasteiger partial charge in [0.25, 0.3) is 0 Å². The lowest BCUT2D eigenvalue weighted by Gasteiger charge is -2.28. The Bertz CT molecular complexity index is 1410. The Balaban J connectivity index is 1.34. The summed E-state index contributed by atoms with van der Waals surface area (Å²) in [6.07, 6.45) is -0.0584. The minimum absolute atomic E-state index is 0.193. The molecule has 0 fully saturated rings. The average molecular weight is 512 g/mol. The molecule has 0 saturated carbocycles. The van der Waals surface area contributed by atoms with Crippen LogP contribution in [0.25, 0.3) is 21.9 Å². The summed E-state index contributed by atoms with van der Waals surface area (Å²) in [5, 5.41) is 25.9. The second-order valence-corrected chi connectivity index (χ2v) is 10.7. The quantitative estimate of drug-likeness (QED) is 0.212. The highest BCUT2D eigenvalue weighted by Gasteiger charge is 2.21. The Hall–Kier alpha value is -3.51. The molecular formula is C33H37NO4. The zero-order valence-corrected chi connectivity index (χ0v) is 22.6. The molecule has 0 aliphatic heterocycles. The Morgan fingerprint density at radius 3 is 2.37 bits per heavy atom. The van der Waals surface area contributed by atoms with E-state index in [2.05, 4.69) is 61.6 Å². The summed E-state index contributed by atoms with van der Waals surface area (Å²) in [5.74, 6) is -0.937. The number of aromatic carboxylic acids is 1. The van der Waals surface area contributed by atoms with Crippen LogP contribution in [0.15, 0.2) is 84.9 Å². The number of nitrogens with one attached hydrogen (secondary N) is 1. The van der Waals surface area contributed by atoms with Crippen LogP contribution in [-0.4, -0.2) is 41.0 Å². The number of carboxylic acid groups (broad SMARTS) is 1. The predicted molar refractivity (Wildman–Crippen MR) is 154 cm³/mol. The molecule has 5 nitrogen and oxygen atoms in total. The van der Waals surface area contributed by atoms with Crippen molar-refractivity contribution in [2.75, 3.05) is 13.2 Å². The molecule has 4 aromatic rings. The Kier molecular flexibility index (Phi) is 8.62. The highest BCUT2D eigenvalue weighted by Crippen LogP contribution is 2.32. The van der Waals surface area contributed by atoms with E-state index in [-0.39, 0.29) is 23.8 Å². The number of aliphatic hydroxyl groups is 1. The van der Waals surface area contributed by atoms with Crippen LogP contribution in [0.3, 0.4) is 0 Å². The van der Waals surface area contributed by atoms with Crippen molar-refractivity contribution in [1.29, 1.82) is 0 Å². The topological polar surface area (TPSA) is 78.8 Å². The van der Waals surface area contributed by atoms with Crippen LogP contribution < -0.4 is 5.32 Å². The van der Waals surface area contributed by atoms with E-state index in [9.17, 15) is 15.0 Å². The molecule has 2 atom stereocenters. The number of aliphatic hydroxyl groups excluding tert-OH is 1. The number of β-amino-alcohol motifs (C(OH)–C–C–N with tert-alkyl or cyclic N) is 1. The molecule has 0 aliphatic rings.